The van der Waals surface area contributed by atoms with Gasteiger partial charge in [0.25, 0.3) is 0 Å². The number of nitrogens with one attached hydrogen (secondary N) is 1. The molecule has 1 rings (SSSR count). The van der Waals surface area contributed by atoms with Crippen LogP contribution < -0.4 is 11.1 Å². The standard InChI is InChI=1S/C15H32N2/c1-13(2,3)10-11(16)8-9-17-12-14(4,5)15(12,6)7/h11-12,17H,8-10,16H2,1-7H3. The molecule has 1 aliphatic rings. The van der Waals surface area contributed by atoms with Crippen molar-refractivity contribution < 1.29 is 0 Å². The van der Waals surface area contributed by atoms with Crippen molar-refractivity contribution in [1.29, 1.82) is 0 Å². The highest BCUT2D eigenvalue weighted by molar-refractivity contribution is 5.17. The summed E-state index contributed by atoms with van der Waals surface area (Å²) < 4.78 is 0. The normalized spacial score (nSPS) is 24.7. The van der Waals surface area contributed by atoms with Crippen molar-refractivity contribution in [3.8, 4) is 0 Å². The van der Waals surface area contributed by atoms with Gasteiger partial charge in [-0.2, -0.15) is 0 Å². The number of nitrogens with two attached hydrogens (primary N) is 1. The van der Waals surface area contributed by atoms with Crippen LogP contribution in [0.1, 0.15) is 61.3 Å². The summed E-state index contributed by atoms with van der Waals surface area (Å²) in [6.45, 7) is 17.2. The molecule has 102 valence electrons. The smallest absolute Gasteiger partial charge is 0.0181 e. The van der Waals surface area contributed by atoms with Crippen molar-refractivity contribution in [1.82, 2.24) is 5.32 Å². The zero-order valence-corrected chi connectivity index (χ0v) is 12.9. The van der Waals surface area contributed by atoms with Crippen LogP contribution in [-0.2, 0) is 0 Å². The topological polar surface area (TPSA) is 38.0 Å². The van der Waals surface area contributed by atoms with Gasteiger partial charge in [-0.25, -0.2) is 0 Å². The van der Waals surface area contributed by atoms with Crippen LogP contribution in [0.4, 0.5) is 0 Å². The SMILES string of the molecule is CC(C)(C)CC(N)CCNC1C(C)(C)C1(C)C. The van der Waals surface area contributed by atoms with Gasteiger partial charge < -0.3 is 11.1 Å². The Morgan fingerprint density at radius 1 is 1.12 bits per heavy atom. The minimum absolute atomic E-state index is 0.326. The molecule has 1 unspecified atom stereocenters. The van der Waals surface area contributed by atoms with E-state index in [1.807, 2.05) is 0 Å². The fourth-order valence-corrected chi connectivity index (χ4v) is 3.01. The molecule has 0 heterocycles. The fourth-order valence-electron chi connectivity index (χ4n) is 3.01. The zero-order valence-electron chi connectivity index (χ0n) is 12.9. The van der Waals surface area contributed by atoms with Gasteiger partial charge in [-0.3, -0.25) is 0 Å². The number of rotatable bonds is 5. The Hall–Kier alpha value is -0.0800. The van der Waals surface area contributed by atoms with Gasteiger partial charge in [0.2, 0.25) is 0 Å². The van der Waals surface area contributed by atoms with Gasteiger partial charge in [-0.1, -0.05) is 48.5 Å². The van der Waals surface area contributed by atoms with E-state index in [0.29, 0.717) is 28.3 Å². The first-order valence-corrected chi connectivity index (χ1v) is 6.97. The number of hydrogen-bond donors (Lipinski definition) is 2. The lowest BCUT2D eigenvalue weighted by Gasteiger charge is -2.23. The first-order valence-electron chi connectivity index (χ1n) is 6.97. The summed E-state index contributed by atoms with van der Waals surface area (Å²) in [6, 6.07) is 0.976. The summed E-state index contributed by atoms with van der Waals surface area (Å²) in [5.41, 5.74) is 7.37. The van der Waals surface area contributed by atoms with Gasteiger partial charge in [0.15, 0.2) is 0 Å². The van der Waals surface area contributed by atoms with E-state index < -0.39 is 0 Å². The molecule has 1 fully saturated rings. The molecule has 2 nitrogen and oxygen atoms in total. The molecule has 0 saturated heterocycles. The van der Waals surface area contributed by atoms with Crippen LogP contribution in [-0.4, -0.2) is 18.6 Å². The van der Waals surface area contributed by atoms with Gasteiger partial charge in [0.1, 0.15) is 0 Å². The molecule has 0 bridgehead atoms. The summed E-state index contributed by atoms with van der Waals surface area (Å²) in [7, 11) is 0. The second-order valence-electron chi connectivity index (χ2n) is 8.14. The molecule has 1 aliphatic carbocycles. The molecule has 17 heavy (non-hydrogen) atoms. The van der Waals surface area contributed by atoms with Crippen LogP contribution >= 0.6 is 0 Å². The Bertz CT molecular complexity index is 247. The van der Waals surface area contributed by atoms with Gasteiger partial charge in [0.05, 0.1) is 0 Å². The second-order valence-corrected chi connectivity index (χ2v) is 8.14. The Balaban J connectivity index is 2.22. The minimum Gasteiger partial charge on any atom is -0.328 e. The van der Waals surface area contributed by atoms with E-state index in [2.05, 4.69) is 53.8 Å². The highest BCUT2D eigenvalue weighted by atomic mass is 15.0. The van der Waals surface area contributed by atoms with E-state index in [9.17, 15) is 0 Å². The maximum Gasteiger partial charge on any atom is 0.0181 e. The first-order chi connectivity index (χ1) is 7.48. The summed E-state index contributed by atoms with van der Waals surface area (Å²) in [5.74, 6) is 0. The van der Waals surface area contributed by atoms with Gasteiger partial charge in [-0.05, 0) is 35.6 Å². The van der Waals surface area contributed by atoms with Crippen LogP contribution in [0.25, 0.3) is 0 Å². The van der Waals surface area contributed by atoms with Crippen molar-refractivity contribution in [2.24, 2.45) is 22.0 Å². The molecule has 0 aliphatic heterocycles. The van der Waals surface area contributed by atoms with Crippen LogP contribution in [0, 0.1) is 16.2 Å². The lowest BCUT2D eigenvalue weighted by molar-refractivity contribution is 0.327. The van der Waals surface area contributed by atoms with Crippen molar-refractivity contribution in [3.05, 3.63) is 0 Å². The summed E-state index contributed by atoms with van der Waals surface area (Å²) in [4.78, 5) is 0. The summed E-state index contributed by atoms with van der Waals surface area (Å²) >= 11 is 0. The minimum atomic E-state index is 0.326. The third kappa shape index (κ3) is 3.45. The largest absolute Gasteiger partial charge is 0.328 e. The second kappa shape index (κ2) is 4.55. The first kappa shape index (κ1) is 15.0. The Morgan fingerprint density at radius 2 is 1.59 bits per heavy atom. The molecule has 0 aromatic rings. The Morgan fingerprint density at radius 3 is 1.94 bits per heavy atom. The van der Waals surface area contributed by atoms with Crippen LogP contribution in [0.5, 0.6) is 0 Å². The fraction of sp³-hybridized carbons (Fsp3) is 1.00. The predicted molar refractivity (Wildman–Crippen MR) is 76.0 cm³/mol. The molecule has 0 spiro atoms. The lowest BCUT2D eigenvalue weighted by atomic mass is 9.87. The number of hydrogen-bond acceptors (Lipinski definition) is 2. The van der Waals surface area contributed by atoms with Crippen LogP contribution in [0.15, 0.2) is 0 Å². The quantitative estimate of drug-likeness (QED) is 0.774. The molecule has 0 amide bonds. The van der Waals surface area contributed by atoms with E-state index in [1.165, 1.54) is 0 Å². The van der Waals surface area contributed by atoms with E-state index in [-0.39, 0.29) is 0 Å². The molecule has 0 aromatic heterocycles. The third-order valence-corrected chi connectivity index (χ3v) is 4.76. The molecule has 3 N–H and O–H groups in total. The maximum absolute atomic E-state index is 6.16. The molecular formula is C15H32N2. The van der Waals surface area contributed by atoms with E-state index >= 15 is 0 Å². The average molecular weight is 240 g/mol. The molecule has 0 radical (unpaired) electrons. The van der Waals surface area contributed by atoms with Gasteiger partial charge in [0, 0.05) is 12.1 Å². The van der Waals surface area contributed by atoms with Crippen LogP contribution in [0.3, 0.4) is 0 Å². The van der Waals surface area contributed by atoms with E-state index in [0.717, 1.165) is 19.4 Å². The highest BCUT2D eigenvalue weighted by Crippen LogP contribution is 2.62. The van der Waals surface area contributed by atoms with Crippen LogP contribution in [0.2, 0.25) is 0 Å². The van der Waals surface area contributed by atoms with Crippen molar-refractivity contribution in [3.63, 3.8) is 0 Å². The summed E-state index contributed by atoms with van der Waals surface area (Å²) in [6.07, 6.45) is 2.19. The molecule has 2 heteroatoms. The Labute approximate surface area is 108 Å². The Kier molecular flexibility index (Phi) is 4.01. The van der Waals surface area contributed by atoms with Crippen molar-refractivity contribution >= 4 is 0 Å². The van der Waals surface area contributed by atoms with Gasteiger partial charge >= 0.3 is 0 Å². The van der Waals surface area contributed by atoms with Crippen molar-refractivity contribution in [2.45, 2.75) is 73.4 Å². The van der Waals surface area contributed by atoms with Gasteiger partial charge in [-0.15, -0.1) is 0 Å². The highest BCUT2D eigenvalue weighted by Gasteiger charge is 2.64. The molecule has 1 atom stereocenters. The predicted octanol–water partition coefficient (Wildman–Crippen LogP) is 3.16. The third-order valence-electron chi connectivity index (χ3n) is 4.76. The monoisotopic (exact) mass is 240 g/mol. The summed E-state index contributed by atoms with van der Waals surface area (Å²) in [5, 5.41) is 3.67. The zero-order chi connectivity index (χ0) is 13.5. The molecule has 0 aromatic carbocycles. The maximum atomic E-state index is 6.16. The molecular weight excluding hydrogens is 208 g/mol. The average Bonchev–Trinajstić information content (AvgIpc) is 2.43. The molecule has 1 saturated carbocycles. The van der Waals surface area contributed by atoms with E-state index in [4.69, 9.17) is 5.73 Å². The van der Waals surface area contributed by atoms with Crippen molar-refractivity contribution in [2.75, 3.05) is 6.54 Å². The van der Waals surface area contributed by atoms with E-state index in [1.54, 1.807) is 0 Å². The lowest BCUT2D eigenvalue weighted by Crippen LogP contribution is -2.32.